The molecule has 29 heavy (non-hydrogen) atoms. The number of aromatic nitrogens is 1. The molecule has 10 heteroatoms. The quantitative estimate of drug-likeness (QED) is 0.538. The lowest BCUT2D eigenvalue weighted by atomic mass is 9.87. The number of fused-ring (bicyclic) bond motifs is 1. The highest BCUT2D eigenvalue weighted by atomic mass is 32.1. The summed E-state index contributed by atoms with van der Waals surface area (Å²) in [5.41, 5.74) is -0.0224. The minimum atomic E-state index is -1.06. The number of carbonyl (C=O) groups is 1. The predicted molar refractivity (Wildman–Crippen MR) is 102 cm³/mol. The number of ether oxygens (including phenoxy) is 2. The Morgan fingerprint density at radius 1 is 1.41 bits per heavy atom. The van der Waals surface area contributed by atoms with Crippen LogP contribution in [0.4, 0.5) is 5.69 Å². The fraction of sp³-hybridized carbons (Fsp3) is 0.474. The summed E-state index contributed by atoms with van der Waals surface area (Å²) in [6.45, 7) is 0.248. The summed E-state index contributed by atoms with van der Waals surface area (Å²) < 4.78 is 11.9. The van der Waals surface area contributed by atoms with Crippen LogP contribution in [0.5, 0.6) is 5.75 Å². The van der Waals surface area contributed by atoms with Crippen LogP contribution in [0.15, 0.2) is 29.6 Å². The maximum Gasteiger partial charge on any atom is 0.355 e. The van der Waals surface area contributed by atoms with Gasteiger partial charge in [-0.1, -0.05) is 6.07 Å². The first-order valence-corrected chi connectivity index (χ1v) is 10.2. The number of thiazole rings is 1. The highest BCUT2D eigenvalue weighted by Crippen LogP contribution is 2.46. The molecule has 1 aromatic carbocycles. The molecule has 2 aromatic rings. The third-order valence-corrected chi connectivity index (χ3v) is 6.52. The molecule has 1 aromatic heterocycles. The van der Waals surface area contributed by atoms with E-state index in [0.29, 0.717) is 23.6 Å². The number of carboxylic acids is 1. The van der Waals surface area contributed by atoms with Gasteiger partial charge in [-0.2, -0.15) is 0 Å². The first-order valence-electron chi connectivity index (χ1n) is 9.32. The van der Waals surface area contributed by atoms with Gasteiger partial charge in [-0.05, 0) is 24.8 Å². The lowest BCUT2D eigenvalue weighted by molar-refractivity contribution is -0.384. The third kappa shape index (κ3) is 4.09. The Labute approximate surface area is 170 Å². The topological polar surface area (TPSA) is 132 Å². The molecule has 9 nitrogen and oxygen atoms in total. The summed E-state index contributed by atoms with van der Waals surface area (Å²) in [4.78, 5) is 25.6. The van der Waals surface area contributed by atoms with Crippen molar-refractivity contribution in [1.82, 2.24) is 4.98 Å². The van der Waals surface area contributed by atoms with Gasteiger partial charge in [-0.25, -0.2) is 9.78 Å². The summed E-state index contributed by atoms with van der Waals surface area (Å²) in [6.07, 6.45) is 0.956. The number of hydrogen-bond acceptors (Lipinski definition) is 8. The van der Waals surface area contributed by atoms with E-state index in [-0.39, 0.29) is 42.0 Å². The van der Waals surface area contributed by atoms with Crippen molar-refractivity contribution in [2.45, 2.75) is 37.6 Å². The number of hydrogen-bond donors (Lipinski definition) is 2. The molecule has 1 aliphatic heterocycles. The molecule has 154 valence electrons. The summed E-state index contributed by atoms with van der Waals surface area (Å²) in [7, 11) is 0. The Morgan fingerprint density at radius 3 is 2.97 bits per heavy atom. The average molecular weight is 420 g/mol. The maximum absolute atomic E-state index is 11.0. The molecule has 0 spiro atoms. The van der Waals surface area contributed by atoms with E-state index in [4.69, 9.17) is 14.6 Å². The summed E-state index contributed by atoms with van der Waals surface area (Å²) in [5, 5.41) is 32.6. The second kappa shape index (κ2) is 8.05. The number of aliphatic hydroxyl groups is 1. The minimum Gasteiger partial charge on any atom is -0.493 e. The van der Waals surface area contributed by atoms with Crippen LogP contribution in [0.25, 0.3) is 0 Å². The van der Waals surface area contributed by atoms with Gasteiger partial charge in [0.05, 0.1) is 29.8 Å². The van der Waals surface area contributed by atoms with E-state index in [2.05, 4.69) is 4.98 Å². The number of nitro benzene ring substituents is 1. The van der Waals surface area contributed by atoms with Crippen LogP contribution in [-0.2, 0) is 4.74 Å². The smallest absolute Gasteiger partial charge is 0.355 e. The monoisotopic (exact) mass is 420 g/mol. The fourth-order valence-corrected chi connectivity index (χ4v) is 5.02. The number of non-ortho nitro benzene ring substituents is 1. The zero-order chi connectivity index (χ0) is 20.5. The fourth-order valence-electron chi connectivity index (χ4n) is 4.16. The molecular weight excluding hydrogens is 400 g/mol. The van der Waals surface area contributed by atoms with Gasteiger partial charge in [0.15, 0.2) is 5.69 Å². The van der Waals surface area contributed by atoms with Gasteiger partial charge in [0, 0.05) is 23.8 Å². The standard InChI is InChI=1S/C19H20N2O7S/c22-15-7-17-12(4-5-16(28-17)18-20-14(9-29-18)19(23)24)13(15)8-27-11-3-1-2-10(6-11)21(25)26/h1-3,6,9,12-13,15-17,22H,4-5,7-8H2,(H,23,24)/t12-,13-,15-,16-,17+/m1/s1. The van der Waals surface area contributed by atoms with E-state index in [1.807, 2.05) is 0 Å². The average Bonchev–Trinajstić information content (AvgIpc) is 3.30. The van der Waals surface area contributed by atoms with Gasteiger partial charge < -0.3 is 19.7 Å². The van der Waals surface area contributed by atoms with Crippen molar-refractivity contribution in [3.63, 3.8) is 0 Å². The van der Waals surface area contributed by atoms with Gasteiger partial charge in [-0.3, -0.25) is 10.1 Å². The molecule has 2 heterocycles. The largest absolute Gasteiger partial charge is 0.493 e. The number of nitrogens with zero attached hydrogens (tertiary/aromatic N) is 2. The Morgan fingerprint density at radius 2 is 2.24 bits per heavy atom. The second-order valence-corrected chi connectivity index (χ2v) is 8.20. The second-order valence-electron chi connectivity index (χ2n) is 7.31. The zero-order valence-electron chi connectivity index (χ0n) is 15.3. The lowest BCUT2D eigenvalue weighted by Crippen LogP contribution is -2.33. The van der Waals surface area contributed by atoms with Gasteiger partial charge in [0.2, 0.25) is 0 Å². The summed E-state index contributed by atoms with van der Waals surface area (Å²) in [5.74, 6) is -0.686. The van der Waals surface area contributed by atoms with Crippen molar-refractivity contribution in [3.05, 3.63) is 50.5 Å². The lowest BCUT2D eigenvalue weighted by Gasteiger charge is -2.33. The molecule has 1 saturated carbocycles. The highest BCUT2D eigenvalue weighted by Gasteiger charge is 2.47. The van der Waals surface area contributed by atoms with E-state index < -0.39 is 17.0 Å². The molecule has 2 aliphatic rings. The Balaban J connectivity index is 1.39. The maximum atomic E-state index is 11.0. The van der Waals surface area contributed by atoms with E-state index in [9.17, 15) is 20.0 Å². The van der Waals surface area contributed by atoms with Crippen LogP contribution in [-0.4, -0.2) is 44.9 Å². The highest BCUT2D eigenvalue weighted by molar-refractivity contribution is 7.09. The van der Waals surface area contributed by atoms with Gasteiger partial charge in [0.1, 0.15) is 16.9 Å². The van der Waals surface area contributed by atoms with Gasteiger partial charge >= 0.3 is 5.97 Å². The predicted octanol–water partition coefficient (Wildman–Crippen LogP) is 3.05. The number of carboxylic acid groups (broad SMARTS) is 1. The van der Waals surface area contributed by atoms with E-state index in [1.54, 1.807) is 12.1 Å². The molecule has 1 saturated heterocycles. The number of benzene rings is 1. The molecule has 0 bridgehead atoms. The van der Waals surface area contributed by atoms with Crippen molar-refractivity contribution < 1.29 is 29.4 Å². The summed E-state index contributed by atoms with van der Waals surface area (Å²) >= 11 is 1.27. The van der Waals surface area contributed by atoms with Crippen molar-refractivity contribution in [3.8, 4) is 5.75 Å². The molecule has 4 rings (SSSR count). The van der Waals surface area contributed by atoms with Crippen LogP contribution in [0.3, 0.4) is 0 Å². The Kier molecular flexibility index (Phi) is 5.48. The normalized spacial score (nSPS) is 28.7. The van der Waals surface area contributed by atoms with Crippen LogP contribution >= 0.6 is 11.3 Å². The molecule has 2 fully saturated rings. The Hall–Kier alpha value is -2.56. The zero-order valence-corrected chi connectivity index (χ0v) is 16.2. The SMILES string of the molecule is O=C(O)c1csc([C@H]2CC[C@@H]3[C@@H](COc4cccc([N+](=O)[O-])c4)[C@H](O)C[C@@H]3O2)n1. The number of rotatable bonds is 6. The van der Waals surface area contributed by atoms with Crippen molar-refractivity contribution >= 4 is 23.0 Å². The van der Waals surface area contributed by atoms with Crippen LogP contribution in [0.1, 0.15) is 40.9 Å². The third-order valence-electron chi connectivity index (χ3n) is 5.58. The van der Waals surface area contributed by atoms with E-state index in [0.717, 1.165) is 6.42 Å². The van der Waals surface area contributed by atoms with Gasteiger partial charge in [-0.15, -0.1) is 11.3 Å². The molecular formula is C19H20N2O7S. The molecule has 0 radical (unpaired) electrons. The first-order chi connectivity index (χ1) is 13.9. The number of aromatic carboxylic acids is 1. The van der Waals surface area contributed by atoms with E-state index in [1.165, 1.54) is 28.8 Å². The van der Waals surface area contributed by atoms with Crippen molar-refractivity contribution in [2.75, 3.05) is 6.61 Å². The van der Waals surface area contributed by atoms with Crippen LogP contribution < -0.4 is 4.74 Å². The Bertz CT molecular complexity index is 917. The minimum absolute atomic E-state index is 0.0189. The van der Waals surface area contributed by atoms with Gasteiger partial charge in [0.25, 0.3) is 5.69 Å². The van der Waals surface area contributed by atoms with E-state index >= 15 is 0 Å². The molecule has 0 amide bonds. The van der Waals surface area contributed by atoms with Crippen LogP contribution in [0.2, 0.25) is 0 Å². The van der Waals surface area contributed by atoms with Crippen LogP contribution in [0, 0.1) is 22.0 Å². The molecule has 0 unspecified atom stereocenters. The van der Waals surface area contributed by atoms with Crippen molar-refractivity contribution in [1.29, 1.82) is 0 Å². The first kappa shape index (κ1) is 19.7. The molecule has 1 aliphatic carbocycles. The molecule has 5 atom stereocenters. The summed E-state index contributed by atoms with van der Waals surface area (Å²) in [6, 6.07) is 5.99. The van der Waals surface area contributed by atoms with Crippen molar-refractivity contribution in [2.24, 2.45) is 11.8 Å². The number of nitro groups is 1. The molecule has 2 N–H and O–H groups in total. The number of aliphatic hydroxyl groups excluding tert-OH is 1.